The number of esters is 1. The molecule has 0 bridgehead atoms. The maximum atomic E-state index is 12.2. The van der Waals surface area contributed by atoms with Gasteiger partial charge in [0.05, 0.1) is 12.2 Å². The number of carbonyl (C=O) groups is 2. The predicted molar refractivity (Wildman–Crippen MR) is 102 cm³/mol. The summed E-state index contributed by atoms with van der Waals surface area (Å²) >= 11 is 0. The van der Waals surface area contributed by atoms with Crippen LogP contribution in [0.2, 0.25) is 0 Å². The van der Waals surface area contributed by atoms with Crippen molar-refractivity contribution in [3.8, 4) is 0 Å². The number of aromatic nitrogens is 1. The average molecular weight is 356 g/mol. The van der Waals surface area contributed by atoms with Crippen LogP contribution in [0.1, 0.15) is 51.8 Å². The zero-order chi connectivity index (χ0) is 19.3. The van der Waals surface area contributed by atoms with Gasteiger partial charge in [0, 0.05) is 31.4 Å². The van der Waals surface area contributed by atoms with Crippen molar-refractivity contribution < 1.29 is 14.3 Å². The van der Waals surface area contributed by atoms with Crippen molar-refractivity contribution in [3.05, 3.63) is 57.9 Å². The van der Waals surface area contributed by atoms with Crippen LogP contribution in [0.15, 0.2) is 24.3 Å². The minimum absolute atomic E-state index is 0.00226. The van der Waals surface area contributed by atoms with Crippen LogP contribution in [0, 0.1) is 20.8 Å². The van der Waals surface area contributed by atoms with E-state index in [4.69, 9.17) is 4.74 Å². The maximum absolute atomic E-state index is 12.2. The molecular formula is C21H28N2O3. The van der Waals surface area contributed by atoms with Gasteiger partial charge in [-0.3, -0.25) is 4.79 Å². The number of aryl methyl sites for hydroxylation is 1. The first kappa shape index (κ1) is 19.8. The smallest absolute Gasteiger partial charge is 0.340 e. The Labute approximate surface area is 155 Å². The number of amides is 1. The summed E-state index contributed by atoms with van der Waals surface area (Å²) in [6, 6.07) is 8.09. The predicted octanol–water partition coefficient (Wildman–Crippen LogP) is 3.38. The molecule has 0 spiro atoms. The molecule has 2 rings (SSSR count). The van der Waals surface area contributed by atoms with Crippen LogP contribution in [0.3, 0.4) is 0 Å². The third-order valence-electron chi connectivity index (χ3n) is 4.72. The number of carbonyl (C=O) groups excluding carboxylic acids is 2. The Bertz CT molecular complexity index is 806. The molecule has 1 N–H and O–H groups in total. The lowest BCUT2D eigenvalue weighted by Crippen LogP contribution is -2.23. The molecule has 5 nitrogen and oxygen atoms in total. The molecule has 0 radical (unpaired) electrons. The van der Waals surface area contributed by atoms with Gasteiger partial charge in [-0.2, -0.15) is 0 Å². The van der Waals surface area contributed by atoms with Crippen molar-refractivity contribution in [3.63, 3.8) is 0 Å². The minimum Gasteiger partial charge on any atom is -0.462 e. The number of nitrogens with zero attached hydrogens (tertiary/aromatic N) is 1. The summed E-state index contributed by atoms with van der Waals surface area (Å²) in [5, 5.41) is 2.96. The molecule has 0 fully saturated rings. The summed E-state index contributed by atoms with van der Waals surface area (Å²) in [4.78, 5) is 24.4. The van der Waals surface area contributed by atoms with Gasteiger partial charge in [0.25, 0.3) is 0 Å². The molecule has 2 aromatic rings. The van der Waals surface area contributed by atoms with Crippen molar-refractivity contribution in [2.75, 3.05) is 6.61 Å². The molecule has 0 aliphatic rings. The molecule has 5 heteroatoms. The van der Waals surface area contributed by atoms with E-state index in [1.165, 1.54) is 5.56 Å². The third-order valence-corrected chi connectivity index (χ3v) is 4.72. The van der Waals surface area contributed by atoms with Crippen LogP contribution < -0.4 is 5.32 Å². The molecule has 0 saturated heterocycles. The molecule has 0 aliphatic carbocycles. The molecule has 0 aliphatic heterocycles. The van der Waals surface area contributed by atoms with Gasteiger partial charge in [-0.15, -0.1) is 0 Å². The first-order valence-electron chi connectivity index (χ1n) is 8.99. The Kier molecular flexibility index (Phi) is 6.61. The zero-order valence-electron chi connectivity index (χ0n) is 16.3. The van der Waals surface area contributed by atoms with Crippen molar-refractivity contribution in [2.45, 2.75) is 47.1 Å². The van der Waals surface area contributed by atoms with Gasteiger partial charge in [0.1, 0.15) is 0 Å². The van der Waals surface area contributed by atoms with E-state index < -0.39 is 0 Å². The van der Waals surface area contributed by atoms with E-state index in [9.17, 15) is 9.59 Å². The highest BCUT2D eigenvalue weighted by Gasteiger charge is 2.22. The SMILES string of the molecule is CCOC(=O)c1c(C)c(CCC(=O)NCc2cccc(C)c2)n(C)c1C. The van der Waals surface area contributed by atoms with Gasteiger partial charge in [-0.1, -0.05) is 29.8 Å². The molecule has 0 saturated carbocycles. The van der Waals surface area contributed by atoms with Crippen LogP contribution in [-0.4, -0.2) is 23.1 Å². The Morgan fingerprint density at radius 3 is 2.58 bits per heavy atom. The molecule has 1 aromatic carbocycles. The van der Waals surface area contributed by atoms with Crippen LogP contribution in [0.25, 0.3) is 0 Å². The molecule has 1 aromatic heterocycles. The highest BCUT2D eigenvalue weighted by molar-refractivity contribution is 5.93. The lowest BCUT2D eigenvalue weighted by atomic mass is 10.1. The number of ether oxygens (including phenoxy) is 1. The van der Waals surface area contributed by atoms with E-state index in [1.54, 1.807) is 6.92 Å². The van der Waals surface area contributed by atoms with E-state index in [0.717, 1.165) is 22.5 Å². The van der Waals surface area contributed by atoms with Crippen molar-refractivity contribution in [2.24, 2.45) is 7.05 Å². The fourth-order valence-electron chi connectivity index (χ4n) is 3.24. The minimum atomic E-state index is -0.298. The van der Waals surface area contributed by atoms with E-state index in [1.807, 2.05) is 50.6 Å². The lowest BCUT2D eigenvalue weighted by molar-refractivity contribution is -0.121. The van der Waals surface area contributed by atoms with Crippen LogP contribution >= 0.6 is 0 Å². The number of nitrogens with one attached hydrogen (secondary N) is 1. The standard InChI is InChI=1S/C21H28N2O3/c1-6-26-21(25)20-15(3)18(23(5)16(20)4)10-11-19(24)22-13-17-9-7-8-14(2)12-17/h7-9,12H,6,10-11,13H2,1-5H3,(H,22,24). The second-order valence-corrected chi connectivity index (χ2v) is 6.58. The highest BCUT2D eigenvalue weighted by atomic mass is 16.5. The van der Waals surface area contributed by atoms with Crippen LogP contribution in [0.4, 0.5) is 0 Å². The number of hydrogen-bond donors (Lipinski definition) is 1. The molecular weight excluding hydrogens is 328 g/mol. The summed E-state index contributed by atoms with van der Waals surface area (Å²) in [5.74, 6) is -0.296. The monoisotopic (exact) mass is 356 g/mol. The Hall–Kier alpha value is -2.56. The second-order valence-electron chi connectivity index (χ2n) is 6.58. The van der Waals surface area contributed by atoms with Gasteiger partial charge in [-0.25, -0.2) is 4.79 Å². The van der Waals surface area contributed by atoms with Gasteiger partial charge in [-0.05, 0) is 45.2 Å². The number of hydrogen-bond acceptors (Lipinski definition) is 3. The van der Waals surface area contributed by atoms with E-state index in [0.29, 0.717) is 31.6 Å². The van der Waals surface area contributed by atoms with Crippen molar-refractivity contribution in [1.82, 2.24) is 9.88 Å². The van der Waals surface area contributed by atoms with Gasteiger partial charge >= 0.3 is 5.97 Å². The van der Waals surface area contributed by atoms with Crippen LogP contribution in [-0.2, 0) is 29.5 Å². The average Bonchev–Trinajstić information content (AvgIpc) is 2.81. The van der Waals surface area contributed by atoms with Crippen molar-refractivity contribution in [1.29, 1.82) is 0 Å². The Balaban J connectivity index is 1.99. The molecule has 1 heterocycles. The fourth-order valence-corrected chi connectivity index (χ4v) is 3.24. The summed E-state index contributed by atoms with van der Waals surface area (Å²) in [6.45, 7) is 8.53. The maximum Gasteiger partial charge on any atom is 0.340 e. The van der Waals surface area contributed by atoms with Crippen molar-refractivity contribution >= 4 is 11.9 Å². The number of rotatable bonds is 7. The van der Waals surface area contributed by atoms with Gasteiger partial charge in [0.15, 0.2) is 0 Å². The molecule has 0 unspecified atom stereocenters. The summed E-state index contributed by atoms with van der Waals surface area (Å²) in [6.07, 6.45) is 0.967. The zero-order valence-corrected chi connectivity index (χ0v) is 16.3. The van der Waals surface area contributed by atoms with E-state index in [-0.39, 0.29) is 11.9 Å². The topological polar surface area (TPSA) is 60.3 Å². The highest BCUT2D eigenvalue weighted by Crippen LogP contribution is 2.23. The van der Waals surface area contributed by atoms with Gasteiger partial charge < -0.3 is 14.6 Å². The fraction of sp³-hybridized carbons (Fsp3) is 0.429. The number of benzene rings is 1. The van der Waals surface area contributed by atoms with Gasteiger partial charge in [0.2, 0.25) is 5.91 Å². The quantitative estimate of drug-likeness (QED) is 0.774. The third kappa shape index (κ3) is 4.54. The molecule has 140 valence electrons. The Morgan fingerprint density at radius 1 is 1.19 bits per heavy atom. The summed E-state index contributed by atoms with van der Waals surface area (Å²) in [5.41, 5.74) is 5.65. The molecule has 26 heavy (non-hydrogen) atoms. The second kappa shape index (κ2) is 8.70. The Morgan fingerprint density at radius 2 is 1.92 bits per heavy atom. The first-order chi connectivity index (χ1) is 12.3. The first-order valence-corrected chi connectivity index (χ1v) is 8.99. The largest absolute Gasteiger partial charge is 0.462 e. The lowest BCUT2D eigenvalue weighted by Gasteiger charge is -2.08. The van der Waals surface area contributed by atoms with Crippen LogP contribution in [0.5, 0.6) is 0 Å². The van der Waals surface area contributed by atoms with E-state index >= 15 is 0 Å². The molecule has 1 amide bonds. The normalized spacial score (nSPS) is 10.7. The summed E-state index contributed by atoms with van der Waals surface area (Å²) in [7, 11) is 1.92. The van der Waals surface area contributed by atoms with E-state index in [2.05, 4.69) is 11.4 Å². The summed E-state index contributed by atoms with van der Waals surface area (Å²) < 4.78 is 7.13. The molecule has 0 atom stereocenters.